The molecule has 1 N–H and O–H groups in total. The van der Waals surface area contributed by atoms with Gasteiger partial charge in [0.15, 0.2) is 5.90 Å². The van der Waals surface area contributed by atoms with Crippen molar-refractivity contribution in [1.82, 2.24) is 15.0 Å². The Kier molecular flexibility index (Phi) is 5.68. The summed E-state index contributed by atoms with van der Waals surface area (Å²) in [5.41, 5.74) is 4.63. The second-order valence-corrected chi connectivity index (χ2v) is 10.1. The van der Waals surface area contributed by atoms with Crippen molar-refractivity contribution >= 4 is 44.9 Å². The van der Waals surface area contributed by atoms with Gasteiger partial charge in [0.2, 0.25) is 0 Å². The van der Waals surface area contributed by atoms with Crippen LogP contribution in [-0.4, -0.2) is 27.5 Å². The average molecular weight is 490 g/mol. The highest BCUT2D eigenvalue weighted by atomic mass is 16.5. The van der Waals surface area contributed by atoms with E-state index >= 15 is 0 Å². The fourth-order valence-corrected chi connectivity index (χ4v) is 4.44. The van der Waals surface area contributed by atoms with E-state index in [1.54, 1.807) is 12.5 Å². The number of ether oxygens (including phenoxy) is 2. The molecule has 1 aliphatic heterocycles. The summed E-state index contributed by atoms with van der Waals surface area (Å²) >= 11 is 0. The third kappa shape index (κ3) is 4.93. The Morgan fingerprint density at radius 3 is 2.68 bits per heavy atom. The van der Waals surface area contributed by atoms with Gasteiger partial charge in [0.05, 0.1) is 23.3 Å². The Bertz CT molecular complexity index is 1660. The van der Waals surface area contributed by atoms with Gasteiger partial charge in [0, 0.05) is 34.5 Å². The third-order valence-corrected chi connectivity index (χ3v) is 6.37. The van der Waals surface area contributed by atoms with Crippen LogP contribution in [0, 0.1) is 12.3 Å². The highest BCUT2D eigenvalue weighted by Crippen LogP contribution is 2.33. The molecule has 2 aromatic heterocycles. The van der Waals surface area contributed by atoms with E-state index in [9.17, 15) is 0 Å². The normalized spacial score (nSPS) is 15.7. The van der Waals surface area contributed by atoms with E-state index in [4.69, 9.17) is 14.5 Å². The summed E-state index contributed by atoms with van der Waals surface area (Å²) in [5, 5.41) is 5.38. The first-order valence-electron chi connectivity index (χ1n) is 12.3. The molecule has 1 fully saturated rings. The lowest BCUT2D eigenvalue weighted by molar-refractivity contribution is 0.242. The van der Waals surface area contributed by atoms with Gasteiger partial charge in [0.1, 0.15) is 23.6 Å². The molecule has 1 saturated heterocycles. The maximum Gasteiger partial charge on any atom is 0.189 e. The van der Waals surface area contributed by atoms with E-state index in [1.807, 2.05) is 73.7 Å². The smallest absolute Gasteiger partial charge is 0.189 e. The Balaban J connectivity index is 1.24. The molecule has 0 spiro atoms. The van der Waals surface area contributed by atoms with E-state index in [1.165, 1.54) is 0 Å². The van der Waals surface area contributed by atoms with Crippen molar-refractivity contribution in [1.29, 1.82) is 0 Å². The number of aromatic nitrogens is 3. The maximum absolute atomic E-state index is 6.18. The molecule has 0 unspecified atom stereocenters. The van der Waals surface area contributed by atoms with Crippen LogP contribution in [0.1, 0.15) is 25.8 Å². The van der Waals surface area contributed by atoms with Crippen molar-refractivity contribution in [3.63, 3.8) is 0 Å². The number of nitrogens with one attached hydrogen (secondary N) is 1. The number of nitrogens with zero attached hydrogens (tertiary/aromatic N) is 4. The van der Waals surface area contributed by atoms with E-state index in [2.05, 4.69) is 34.1 Å². The Morgan fingerprint density at radius 2 is 1.84 bits per heavy atom. The van der Waals surface area contributed by atoms with Crippen molar-refractivity contribution in [2.45, 2.75) is 27.2 Å². The Labute approximate surface area is 215 Å². The largest absolute Gasteiger partial charge is 0.480 e. The zero-order valence-corrected chi connectivity index (χ0v) is 21.0. The molecular weight excluding hydrogens is 462 g/mol. The fourth-order valence-electron chi connectivity index (χ4n) is 4.44. The summed E-state index contributed by atoms with van der Waals surface area (Å²) in [6.07, 6.45) is 4.18. The molecule has 7 heteroatoms. The first-order valence-corrected chi connectivity index (χ1v) is 12.3. The molecule has 7 nitrogen and oxygen atoms in total. The first-order chi connectivity index (χ1) is 17.9. The van der Waals surface area contributed by atoms with Crippen molar-refractivity contribution < 1.29 is 9.47 Å². The zero-order valence-electron chi connectivity index (χ0n) is 21.0. The van der Waals surface area contributed by atoms with E-state index in [0.29, 0.717) is 6.61 Å². The van der Waals surface area contributed by atoms with Gasteiger partial charge >= 0.3 is 0 Å². The van der Waals surface area contributed by atoms with Crippen LogP contribution in [0.2, 0.25) is 0 Å². The van der Waals surface area contributed by atoms with Gasteiger partial charge < -0.3 is 14.8 Å². The number of hydrogen-bond acceptors (Lipinski definition) is 7. The van der Waals surface area contributed by atoms with Crippen LogP contribution in [-0.2, 0) is 4.74 Å². The number of aliphatic imine (C=N–C) groups is 1. The lowest BCUT2D eigenvalue weighted by Crippen LogP contribution is -2.09. The first kappa shape index (κ1) is 22.9. The number of rotatable bonds is 5. The second-order valence-electron chi connectivity index (χ2n) is 10.1. The zero-order chi connectivity index (χ0) is 25.4. The van der Waals surface area contributed by atoms with Gasteiger partial charge in [-0.2, -0.15) is 0 Å². The summed E-state index contributed by atoms with van der Waals surface area (Å²) in [5.74, 6) is 3.05. The fraction of sp³-hybridized carbons (Fsp3) is 0.200. The highest BCUT2D eigenvalue weighted by Gasteiger charge is 2.29. The van der Waals surface area contributed by atoms with E-state index < -0.39 is 0 Å². The molecule has 0 radical (unpaired) electrons. The van der Waals surface area contributed by atoms with Crippen molar-refractivity contribution in [2.75, 3.05) is 11.9 Å². The van der Waals surface area contributed by atoms with Gasteiger partial charge in [0.25, 0.3) is 0 Å². The lowest BCUT2D eigenvalue weighted by atomic mass is 9.93. The molecule has 6 rings (SSSR count). The Morgan fingerprint density at radius 1 is 0.946 bits per heavy atom. The summed E-state index contributed by atoms with van der Waals surface area (Å²) in [7, 11) is 0. The molecule has 0 bridgehead atoms. The minimum Gasteiger partial charge on any atom is -0.480 e. The van der Waals surface area contributed by atoms with Crippen LogP contribution < -0.4 is 10.1 Å². The summed E-state index contributed by atoms with van der Waals surface area (Å²) in [6.45, 7) is 7.08. The monoisotopic (exact) mass is 489 g/mol. The minimum atomic E-state index is 0.116. The van der Waals surface area contributed by atoms with Crippen LogP contribution in [0.25, 0.3) is 21.8 Å². The third-order valence-electron chi connectivity index (χ3n) is 6.37. The number of anilines is 2. The lowest BCUT2D eigenvalue weighted by Gasteiger charge is -2.13. The van der Waals surface area contributed by atoms with Crippen LogP contribution in [0.3, 0.4) is 0 Å². The number of aryl methyl sites for hydroxylation is 1. The van der Waals surface area contributed by atoms with Crippen LogP contribution >= 0.6 is 0 Å². The van der Waals surface area contributed by atoms with Crippen LogP contribution in [0.5, 0.6) is 11.5 Å². The van der Waals surface area contributed by atoms with Crippen molar-refractivity contribution in [2.24, 2.45) is 10.4 Å². The maximum atomic E-state index is 6.18. The van der Waals surface area contributed by atoms with Crippen LogP contribution in [0.15, 0.2) is 84.2 Å². The molecule has 184 valence electrons. The molecule has 0 aliphatic carbocycles. The van der Waals surface area contributed by atoms with Crippen molar-refractivity contribution in [3.8, 4) is 11.5 Å². The predicted octanol–water partition coefficient (Wildman–Crippen LogP) is 7.50. The van der Waals surface area contributed by atoms with Gasteiger partial charge in [-0.1, -0.05) is 19.9 Å². The molecule has 5 aromatic rings. The van der Waals surface area contributed by atoms with Gasteiger partial charge in [-0.05, 0) is 73.2 Å². The van der Waals surface area contributed by atoms with Gasteiger partial charge in [-0.15, -0.1) is 0 Å². The molecule has 37 heavy (non-hydrogen) atoms. The predicted molar refractivity (Wildman–Crippen MR) is 147 cm³/mol. The summed E-state index contributed by atoms with van der Waals surface area (Å²) in [4.78, 5) is 18.0. The molecule has 0 amide bonds. The topological polar surface area (TPSA) is 81.5 Å². The Hall–Kier alpha value is -4.52. The number of hydrogen-bond donors (Lipinski definition) is 1. The molecule has 0 atom stereocenters. The van der Waals surface area contributed by atoms with Crippen LogP contribution in [0.4, 0.5) is 17.2 Å². The number of benzene rings is 3. The number of pyridine rings is 1. The minimum absolute atomic E-state index is 0.116. The van der Waals surface area contributed by atoms with Gasteiger partial charge in [-0.25, -0.2) is 15.0 Å². The molecule has 3 aromatic carbocycles. The average Bonchev–Trinajstić information content (AvgIpc) is 3.23. The summed E-state index contributed by atoms with van der Waals surface area (Å²) in [6, 6.07) is 21.8. The molecule has 1 aliphatic rings. The summed E-state index contributed by atoms with van der Waals surface area (Å²) < 4.78 is 12.0. The molecule has 0 saturated carbocycles. The second kappa shape index (κ2) is 9.17. The SMILES string of the molecule is Cc1cc(Nc2ncnc3ccc(N=C4CC(C)(C)CO4)cc23)ccc1Oc1ccc2ncccc2c1. The van der Waals surface area contributed by atoms with Crippen molar-refractivity contribution in [3.05, 3.63) is 84.8 Å². The number of fused-ring (bicyclic) bond motifs is 2. The highest BCUT2D eigenvalue weighted by molar-refractivity contribution is 5.93. The quantitative estimate of drug-likeness (QED) is 0.275. The van der Waals surface area contributed by atoms with Gasteiger partial charge in [-0.3, -0.25) is 4.98 Å². The molecule has 3 heterocycles. The molecular formula is C30H27N5O2. The van der Waals surface area contributed by atoms with E-state index in [0.717, 1.165) is 68.4 Å². The van der Waals surface area contributed by atoms with E-state index in [-0.39, 0.29) is 5.41 Å². The standard InChI is InChI=1S/C30H27N5O2/c1-19-13-21(7-11-27(19)37-23-8-10-25-20(14-23)5-4-12-31-25)35-29-24-15-22(6-9-26(24)32-18-33-29)34-28-16-30(2,3)17-36-28/h4-15,18H,16-17H2,1-3H3,(H,32,33,35).